The molecule has 3 rings (SSSR count). The number of nitrogens with one attached hydrogen (secondary N) is 2. The second-order valence-corrected chi connectivity index (χ2v) is 7.13. The molecule has 0 spiro atoms. The van der Waals surface area contributed by atoms with Crippen molar-refractivity contribution in [3.05, 3.63) is 41.2 Å². The lowest BCUT2D eigenvalue weighted by Crippen LogP contribution is -2.36. The molecule has 1 aromatic carbocycles. The van der Waals surface area contributed by atoms with E-state index in [0.717, 1.165) is 18.9 Å². The highest BCUT2D eigenvalue weighted by molar-refractivity contribution is 5.78. The lowest BCUT2D eigenvalue weighted by atomic mass is 9.85. The number of aromatic nitrogens is 3. The van der Waals surface area contributed by atoms with E-state index >= 15 is 0 Å². The Balaban J connectivity index is 1.51. The number of carbonyl (C=O) groups is 1. The number of amides is 1. The summed E-state index contributed by atoms with van der Waals surface area (Å²) in [4.78, 5) is 24.6. The van der Waals surface area contributed by atoms with Crippen molar-refractivity contribution < 1.29 is 18.0 Å². The van der Waals surface area contributed by atoms with Crippen molar-refractivity contribution in [2.24, 2.45) is 5.92 Å². The monoisotopic (exact) mass is 408 g/mol. The minimum absolute atomic E-state index is 0.0616. The summed E-state index contributed by atoms with van der Waals surface area (Å²) in [5, 5.41) is 5.86. The smallest absolute Gasteiger partial charge is 0.368 e. The van der Waals surface area contributed by atoms with Crippen LogP contribution >= 0.6 is 0 Å². The fourth-order valence-electron chi connectivity index (χ4n) is 3.53. The zero-order chi connectivity index (χ0) is 21.0. The Bertz CT molecular complexity index is 845. The van der Waals surface area contributed by atoms with Crippen LogP contribution in [0.5, 0.6) is 0 Å². The van der Waals surface area contributed by atoms with Crippen LogP contribution in [0.1, 0.15) is 42.6 Å². The third-order valence-electron chi connectivity index (χ3n) is 4.97. The number of benzene rings is 1. The summed E-state index contributed by atoms with van der Waals surface area (Å²) >= 11 is 0. The normalized spacial score (nSPS) is 19.6. The summed E-state index contributed by atoms with van der Waals surface area (Å²) in [6.45, 7) is 1.58. The first-order chi connectivity index (χ1) is 13.7. The molecule has 0 saturated heterocycles. The molecule has 1 amide bonds. The van der Waals surface area contributed by atoms with Crippen molar-refractivity contribution >= 4 is 17.8 Å². The van der Waals surface area contributed by atoms with Gasteiger partial charge in [0.05, 0.1) is 5.56 Å². The number of halogens is 3. The molecule has 1 fully saturated rings. The number of nitrogens with two attached hydrogens (primary N) is 1. The van der Waals surface area contributed by atoms with E-state index in [-0.39, 0.29) is 35.9 Å². The molecule has 7 nitrogen and oxygen atoms in total. The SMILES string of the molecule is Cc1nc(N)nc(NC2CCC(C(=O)NCc3ccccc3C(F)(F)F)CC2)n1. The number of anilines is 2. The summed E-state index contributed by atoms with van der Waals surface area (Å²) < 4.78 is 39.2. The fourth-order valence-corrected chi connectivity index (χ4v) is 3.53. The zero-order valence-electron chi connectivity index (χ0n) is 16.0. The summed E-state index contributed by atoms with van der Waals surface area (Å²) in [6, 6.07) is 5.37. The number of hydrogen-bond donors (Lipinski definition) is 3. The number of nitrogen functional groups attached to an aromatic ring is 1. The topological polar surface area (TPSA) is 106 Å². The molecular weight excluding hydrogens is 385 g/mol. The van der Waals surface area contributed by atoms with Crippen LogP contribution < -0.4 is 16.4 Å². The Kier molecular flexibility index (Phi) is 6.19. The quantitative estimate of drug-likeness (QED) is 0.702. The highest BCUT2D eigenvalue weighted by Crippen LogP contribution is 2.32. The van der Waals surface area contributed by atoms with Gasteiger partial charge in [0, 0.05) is 18.5 Å². The molecule has 1 aromatic heterocycles. The van der Waals surface area contributed by atoms with Gasteiger partial charge in [-0.05, 0) is 44.2 Å². The molecule has 29 heavy (non-hydrogen) atoms. The Morgan fingerprint density at radius 2 is 1.83 bits per heavy atom. The predicted molar refractivity (Wildman–Crippen MR) is 102 cm³/mol. The first-order valence-electron chi connectivity index (χ1n) is 9.40. The molecule has 1 aliphatic carbocycles. The van der Waals surface area contributed by atoms with Gasteiger partial charge in [-0.25, -0.2) is 0 Å². The Morgan fingerprint density at radius 1 is 1.14 bits per heavy atom. The summed E-state index contributed by atoms with van der Waals surface area (Å²) in [5.74, 6) is 0.628. The summed E-state index contributed by atoms with van der Waals surface area (Å²) in [7, 11) is 0. The number of aryl methyl sites for hydroxylation is 1. The molecule has 0 radical (unpaired) electrons. The van der Waals surface area contributed by atoms with Gasteiger partial charge in [-0.1, -0.05) is 18.2 Å². The van der Waals surface area contributed by atoms with Crippen LogP contribution in [0.25, 0.3) is 0 Å². The minimum atomic E-state index is -4.44. The Hall–Kier alpha value is -2.91. The number of alkyl halides is 3. The van der Waals surface area contributed by atoms with Crippen LogP contribution in [0.4, 0.5) is 25.1 Å². The van der Waals surface area contributed by atoms with E-state index in [9.17, 15) is 18.0 Å². The van der Waals surface area contributed by atoms with Gasteiger partial charge in [-0.15, -0.1) is 0 Å². The van der Waals surface area contributed by atoms with Gasteiger partial charge in [0.2, 0.25) is 17.8 Å². The van der Waals surface area contributed by atoms with Crippen LogP contribution in [0, 0.1) is 12.8 Å². The third kappa shape index (κ3) is 5.55. The lowest BCUT2D eigenvalue weighted by Gasteiger charge is -2.28. The van der Waals surface area contributed by atoms with E-state index in [2.05, 4.69) is 25.6 Å². The molecule has 1 heterocycles. The number of hydrogen-bond acceptors (Lipinski definition) is 6. The van der Waals surface area contributed by atoms with Crippen LogP contribution in [0.3, 0.4) is 0 Å². The number of carbonyl (C=O) groups excluding carboxylic acids is 1. The van der Waals surface area contributed by atoms with Gasteiger partial charge < -0.3 is 16.4 Å². The lowest BCUT2D eigenvalue weighted by molar-refractivity contribution is -0.138. The van der Waals surface area contributed by atoms with Crippen LogP contribution in [0.15, 0.2) is 24.3 Å². The van der Waals surface area contributed by atoms with Crippen molar-refractivity contribution in [3.8, 4) is 0 Å². The Morgan fingerprint density at radius 3 is 2.48 bits per heavy atom. The first kappa shape index (κ1) is 20.8. The molecule has 0 bridgehead atoms. The van der Waals surface area contributed by atoms with Gasteiger partial charge in [0.25, 0.3) is 0 Å². The molecule has 156 valence electrons. The maximum Gasteiger partial charge on any atom is 0.416 e. The first-order valence-corrected chi connectivity index (χ1v) is 9.40. The van der Waals surface area contributed by atoms with E-state index in [1.54, 1.807) is 6.92 Å². The maximum absolute atomic E-state index is 13.1. The van der Waals surface area contributed by atoms with Crippen molar-refractivity contribution in [3.63, 3.8) is 0 Å². The number of nitrogens with zero attached hydrogens (tertiary/aromatic N) is 3. The van der Waals surface area contributed by atoms with Crippen molar-refractivity contribution in [2.75, 3.05) is 11.1 Å². The van der Waals surface area contributed by atoms with Crippen molar-refractivity contribution in [1.29, 1.82) is 0 Å². The summed E-state index contributed by atoms with van der Waals surface area (Å²) in [6.07, 6.45) is -1.74. The van der Waals surface area contributed by atoms with Gasteiger partial charge in [-0.2, -0.15) is 28.1 Å². The highest BCUT2D eigenvalue weighted by atomic mass is 19.4. The van der Waals surface area contributed by atoms with Crippen LogP contribution in [-0.4, -0.2) is 26.9 Å². The van der Waals surface area contributed by atoms with E-state index < -0.39 is 11.7 Å². The molecule has 1 saturated carbocycles. The third-order valence-corrected chi connectivity index (χ3v) is 4.97. The minimum Gasteiger partial charge on any atom is -0.368 e. The maximum atomic E-state index is 13.1. The fraction of sp³-hybridized carbons (Fsp3) is 0.474. The van der Waals surface area contributed by atoms with Crippen LogP contribution in [0.2, 0.25) is 0 Å². The molecular formula is C19H23F3N6O. The van der Waals surface area contributed by atoms with E-state index in [0.29, 0.717) is 24.6 Å². The van der Waals surface area contributed by atoms with E-state index in [1.165, 1.54) is 18.2 Å². The highest BCUT2D eigenvalue weighted by Gasteiger charge is 2.33. The largest absolute Gasteiger partial charge is 0.416 e. The van der Waals surface area contributed by atoms with Gasteiger partial charge in [0.1, 0.15) is 5.82 Å². The second kappa shape index (κ2) is 8.62. The molecule has 0 aliphatic heterocycles. The summed E-state index contributed by atoms with van der Waals surface area (Å²) in [5.41, 5.74) is 4.96. The zero-order valence-corrected chi connectivity index (χ0v) is 16.0. The van der Waals surface area contributed by atoms with Gasteiger partial charge in [-0.3, -0.25) is 4.79 Å². The molecule has 0 unspecified atom stereocenters. The predicted octanol–water partition coefficient (Wildman–Crippen LogP) is 3.07. The van der Waals surface area contributed by atoms with Crippen molar-refractivity contribution in [2.45, 2.75) is 51.4 Å². The van der Waals surface area contributed by atoms with E-state index in [1.807, 2.05) is 0 Å². The molecule has 2 aromatic rings. The number of rotatable bonds is 5. The molecule has 0 atom stereocenters. The van der Waals surface area contributed by atoms with Gasteiger partial charge in [0.15, 0.2) is 0 Å². The van der Waals surface area contributed by atoms with Gasteiger partial charge >= 0.3 is 6.18 Å². The second-order valence-electron chi connectivity index (χ2n) is 7.13. The van der Waals surface area contributed by atoms with Crippen LogP contribution in [-0.2, 0) is 17.5 Å². The average molecular weight is 408 g/mol. The standard InChI is InChI=1S/C19H23F3N6O/c1-11-25-17(23)28-18(26-11)27-14-8-6-12(7-9-14)16(29)24-10-13-4-2-3-5-15(13)19(20,21)22/h2-5,12,14H,6-10H2,1H3,(H,24,29)(H3,23,25,26,27,28). The average Bonchev–Trinajstić information content (AvgIpc) is 2.65. The Labute approximate surface area is 166 Å². The van der Waals surface area contributed by atoms with Crippen molar-refractivity contribution in [1.82, 2.24) is 20.3 Å². The molecule has 4 N–H and O–H groups in total. The molecule has 10 heteroatoms. The molecule has 1 aliphatic rings. The van der Waals surface area contributed by atoms with E-state index in [4.69, 9.17) is 5.73 Å².